The molecule has 0 radical (unpaired) electrons. The van der Waals surface area contributed by atoms with Crippen LogP contribution >= 0.6 is 11.8 Å². The molecule has 0 aliphatic carbocycles. The van der Waals surface area contributed by atoms with E-state index >= 15 is 0 Å². The molecule has 7 heteroatoms. The summed E-state index contributed by atoms with van der Waals surface area (Å²) >= 11 is 1.37. The standard InChI is InChI=1S/C10H19N3O3S/c1-10(2,3)7(8(17-6)13-15-5)12-16-9(14)11-4/h1-6H3,(H,11,14). The van der Waals surface area contributed by atoms with Crippen LogP contribution in [0.4, 0.5) is 4.79 Å². The van der Waals surface area contributed by atoms with Crippen molar-refractivity contribution in [2.24, 2.45) is 15.7 Å². The van der Waals surface area contributed by atoms with Crippen molar-refractivity contribution in [2.75, 3.05) is 20.4 Å². The lowest BCUT2D eigenvalue weighted by Crippen LogP contribution is -2.29. The van der Waals surface area contributed by atoms with Crippen LogP contribution in [0.3, 0.4) is 0 Å². The van der Waals surface area contributed by atoms with E-state index in [0.29, 0.717) is 10.8 Å². The number of oxime groups is 2. The molecule has 6 nitrogen and oxygen atoms in total. The van der Waals surface area contributed by atoms with Crippen LogP contribution in [0.5, 0.6) is 0 Å². The summed E-state index contributed by atoms with van der Waals surface area (Å²) in [6.07, 6.45) is 1.23. The van der Waals surface area contributed by atoms with Crippen molar-refractivity contribution in [3.63, 3.8) is 0 Å². The molecule has 0 aromatic carbocycles. The van der Waals surface area contributed by atoms with Gasteiger partial charge in [0.2, 0.25) is 0 Å². The number of thioether (sulfide) groups is 1. The number of nitrogens with zero attached hydrogens (tertiary/aromatic N) is 2. The van der Waals surface area contributed by atoms with Crippen LogP contribution in [-0.2, 0) is 9.68 Å². The van der Waals surface area contributed by atoms with Crippen LogP contribution < -0.4 is 5.32 Å². The molecule has 0 aliphatic rings. The van der Waals surface area contributed by atoms with E-state index in [9.17, 15) is 4.79 Å². The van der Waals surface area contributed by atoms with Gasteiger partial charge in [-0.1, -0.05) is 31.1 Å². The second-order valence-corrected chi connectivity index (χ2v) is 4.90. The quantitative estimate of drug-likeness (QED) is 0.365. The third-order valence-electron chi connectivity index (χ3n) is 1.70. The first-order valence-corrected chi connectivity index (χ1v) is 6.22. The van der Waals surface area contributed by atoms with Crippen molar-refractivity contribution in [3.05, 3.63) is 0 Å². The van der Waals surface area contributed by atoms with E-state index in [2.05, 4.69) is 15.6 Å². The minimum atomic E-state index is -0.621. The average molecular weight is 261 g/mol. The Kier molecular flexibility index (Phi) is 6.64. The molecule has 17 heavy (non-hydrogen) atoms. The Morgan fingerprint density at radius 3 is 2.24 bits per heavy atom. The minimum absolute atomic E-state index is 0.311. The van der Waals surface area contributed by atoms with E-state index in [1.807, 2.05) is 27.0 Å². The molecule has 0 rings (SSSR count). The van der Waals surface area contributed by atoms with E-state index in [-0.39, 0.29) is 5.41 Å². The molecule has 0 aromatic rings. The van der Waals surface area contributed by atoms with Gasteiger partial charge in [0.15, 0.2) is 5.04 Å². The predicted molar refractivity (Wildman–Crippen MR) is 70.4 cm³/mol. The largest absolute Gasteiger partial charge is 0.433 e. The fourth-order valence-electron chi connectivity index (χ4n) is 0.890. The van der Waals surface area contributed by atoms with E-state index in [1.165, 1.54) is 25.9 Å². The van der Waals surface area contributed by atoms with Gasteiger partial charge in [0.25, 0.3) is 0 Å². The molecule has 0 saturated heterocycles. The zero-order chi connectivity index (χ0) is 13.5. The van der Waals surface area contributed by atoms with Crippen molar-refractivity contribution in [1.29, 1.82) is 0 Å². The Bertz CT molecular complexity index is 321. The summed E-state index contributed by atoms with van der Waals surface area (Å²) in [5.41, 5.74) is 0.240. The Morgan fingerprint density at radius 1 is 1.29 bits per heavy atom. The second-order valence-electron chi connectivity index (χ2n) is 4.10. The molecule has 0 aromatic heterocycles. The first kappa shape index (κ1) is 15.8. The number of hydrogen-bond donors (Lipinski definition) is 1. The average Bonchev–Trinajstić information content (AvgIpc) is 2.25. The van der Waals surface area contributed by atoms with Gasteiger partial charge in [0.05, 0.1) is 0 Å². The molecule has 0 heterocycles. The molecule has 1 N–H and O–H groups in total. The minimum Gasteiger partial charge on any atom is -0.398 e. The Hall–Kier alpha value is -1.24. The highest BCUT2D eigenvalue weighted by molar-refractivity contribution is 8.15. The van der Waals surface area contributed by atoms with Gasteiger partial charge in [-0.3, -0.25) is 4.84 Å². The van der Waals surface area contributed by atoms with E-state index in [1.54, 1.807) is 0 Å². The van der Waals surface area contributed by atoms with E-state index < -0.39 is 6.09 Å². The van der Waals surface area contributed by atoms with Crippen molar-refractivity contribution in [1.82, 2.24) is 5.32 Å². The lowest BCUT2D eigenvalue weighted by molar-refractivity contribution is 0.152. The van der Waals surface area contributed by atoms with Gasteiger partial charge in [-0.15, -0.1) is 11.8 Å². The third kappa shape index (κ3) is 5.58. The number of hydrogen-bond acceptors (Lipinski definition) is 6. The monoisotopic (exact) mass is 261 g/mol. The molecule has 0 bridgehead atoms. The van der Waals surface area contributed by atoms with Crippen LogP contribution in [0, 0.1) is 5.41 Å². The summed E-state index contributed by atoms with van der Waals surface area (Å²) in [5, 5.41) is 10.6. The van der Waals surface area contributed by atoms with Crippen molar-refractivity contribution in [2.45, 2.75) is 20.8 Å². The summed E-state index contributed by atoms with van der Waals surface area (Å²) < 4.78 is 0. The number of carbonyl (C=O) groups excluding carboxylic acids is 1. The van der Waals surface area contributed by atoms with Gasteiger partial charge < -0.3 is 10.2 Å². The van der Waals surface area contributed by atoms with Crippen molar-refractivity contribution >= 4 is 28.6 Å². The summed E-state index contributed by atoms with van der Waals surface area (Å²) in [6.45, 7) is 5.83. The van der Waals surface area contributed by atoms with Crippen LogP contribution in [0.25, 0.3) is 0 Å². The highest BCUT2D eigenvalue weighted by atomic mass is 32.2. The first-order valence-electron chi connectivity index (χ1n) is 4.99. The third-order valence-corrected chi connectivity index (χ3v) is 2.36. The summed E-state index contributed by atoms with van der Waals surface area (Å²) in [6, 6.07) is 0. The van der Waals surface area contributed by atoms with Crippen molar-refractivity contribution < 1.29 is 14.5 Å². The normalized spacial score (nSPS) is 13.3. The Balaban J connectivity index is 5.14. The van der Waals surface area contributed by atoms with Gasteiger partial charge in [-0.2, -0.15) is 0 Å². The summed E-state index contributed by atoms with van der Waals surface area (Å²) in [5.74, 6) is 0. The first-order chi connectivity index (χ1) is 7.86. The fraction of sp³-hybridized carbons (Fsp3) is 0.700. The van der Waals surface area contributed by atoms with E-state index in [0.717, 1.165) is 0 Å². The molecule has 0 fully saturated rings. The molecular formula is C10H19N3O3S. The van der Waals surface area contributed by atoms with Crippen LogP contribution in [-0.4, -0.2) is 37.3 Å². The molecule has 0 atom stereocenters. The maximum Gasteiger partial charge on any atom is 0.433 e. The lowest BCUT2D eigenvalue weighted by Gasteiger charge is -2.20. The number of carbonyl (C=O) groups is 1. The molecule has 0 saturated carbocycles. The maximum atomic E-state index is 11.0. The smallest absolute Gasteiger partial charge is 0.398 e. The molecule has 0 unspecified atom stereocenters. The van der Waals surface area contributed by atoms with Crippen LogP contribution in [0.2, 0.25) is 0 Å². The van der Waals surface area contributed by atoms with Crippen LogP contribution in [0.15, 0.2) is 10.3 Å². The molecule has 0 aliphatic heterocycles. The Labute approximate surface area is 106 Å². The zero-order valence-electron chi connectivity index (χ0n) is 11.0. The summed E-state index contributed by atoms with van der Waals surface area (Å²) in [7, 11) is 2.92. The van der Waals surface area contributed by atoms with E-state index in [4.69, 9.17) is 9.68 Å². The van der Waals surface area contributed by atoms with Gasteiger partial charge in [0, 0.05) is 12.5 Å². The van der Waals surface area contributed by atoms with Gasteiger partial charge in [-0.05, 0) is 6.26 Å². The predicted octanol–water partition coefficient (Wildman–Crippen LogP) is 2.07. The molecule has 0 spiro atoms. The second kappa shape index (κ2) is 7.16. The molecule has 98 valence electrons. The topological polar surface area (TPSA) is 72.3 Å². The van der Waals surface area contributed by atoms with Gasteiger partial charge >= 0.3 is 6.09 Å². The summed E-state index contributed by atoms with van der Waals surface area (Å²) in [4.78, 5) is 20.4. The maximum absolute atomic E-state index is 11.0. The molecular weight excluding hydrogens is 242 g/mol. The SMILES string of the molecule is CNC(=O)ON=C(C(=NOC)SC)C(C)(C)C. The number of amides is 1. The fourth-order valence-corrected chi connectivity index (χ4v) is 1.58. The highest BCUT2D eigenvalue weighted by Crippen LogP contribution is 2.21. The van der Waals surface area contributed by atoms with Gasteiger partial charge in [0.1, 0.15) is 12.8 Å². The molecule has 1 amide bonds. The lowest BCUT2D eigenvalue weighted by atomic mass is 9.91. The van der Waals surface area contributed by atoms with Gasteiger partial charge in [-0.25, -0.2) is 4.79 Å². The zero-order valence-corrected chi connectivity index (χ0v) is 11.8. The van der Waals surface area contributed by atoms with Crippen molar-refractivity contribution in [3.8, 4) is 0 Å². The number of nitrogens with one attached hydrogen (secondary N) is 1. The van der Waals surface area contributed by atoms with Crippen LogP contribution in [0.1, 0.15) is 20.8 Å². The Morgan fingerprint density at radius 2 is 1.88 bits per heavy atom. The number of rotatable bonds is 3. The highest BCUT2D eigenvalue weighted by Gasteiger charge is 2.26.